The number of unbranched alkanes of at least 4 members (excludes halogenated alkanes) is 23. The Morgan fingerprint density at radius 2 is 0.895 bits per heavy atom. The van der Waals surface area contributed by atoms with Crippen LogP contribution in [0.25, 0.3) is 0 Å². The third-order valence-corrected chi connectivity index (χ3v) is 11.6. The van der Waals surface area contributed by atoms with E-state index in [2.05, 4.69) is 26.0 Å². The van der Waals surface area contributed by atoms with Crippen molar-refractivity contribution < 1.29 is 63.1 Å². The summed E-state index contributed by atoms with van der Waals surface area (Å²) in [5, 5.41) is 50.1. The van der Waals surface area contributed by atoms with Gasteiger partial charge in [-0.1, -0.05) is 154 Å². The first-order valence-electron chi connectivity index (χ1n) is 22.5. The van der Waals surface area contributed by atoms with Crippen LogP contribution in [-0.4, -0.2) is 98.3 Å². The van der Waals surface area contributed by atoms with Gasteiger partial charge in [0.2, 0.25) is 0 Å². The number of carbonyl (C=O) groups excluding carboxylic acids is 2. The van der Waals surface area contributed by atoms with Crippen molar-refractivity contribution in [3.8, 4) is 0 Å². The minimum Gasteiger partial charge on any atom is -0.462 e. The van der Waals surface area contributed by atoms with Crippen molar-refractivity contribution in [2.24, 2.45) is 0 Å². The lowest BCUT2D eigenvalue weighted by Gasteiger charge is -2.41. The number of aliphatic hydroxyl groups excluding tert-OH is 5. The maximum absolute atomic E-state index is 12.8. The summed E-state index contributed by atoms with van der Waals surface area (Å²) in [7, 11) is -5.11. The van der Waals surface area contributed by atoms with E-state index in [9.17, 15) is 44.6 Å². The van der Waals surface area contributed by atoms with Crippen LogP contribution in [0.1, 0.15) is 194 Å². The van der Waals surface area contributed by atoms with Gasteiger partial charge in [-0.3, -0.25) is 18.6 Å². The van der Waals surface area contributed by atoms with E-state index in [1.807, 2.05) is 0 Å². The second-order valence-corrected chi connectivity index (χ2v) is 17.3. The quantitative estimate of drug-likeness (QED) is 0.0151. The molecule has 1 fully saturated rings. The van der Waals surface area contributed by atoms with Gasteiger partial charge in [0.05, 0.1) is 6.61 Å². The summed E-state index contributed by atoms with van der Waals surface area (Å²) in [4.78, 5) is 35.6. The molecule has 1 saturated carbocycles. The highest BCUT2D eigenvalue weighted by Crippen LogP contribution is 2.47. The first-order valence-corrected chi connectivity index (χ1v) is 24.0. The predicted molar refractivity (Wildman–Crippen MR) is 221 cm³/mol. The minimum absolute atomic E-state index is 0.100. The molecule has 6 unspecified atom stereocenters. The van der Waals surface area contributed by atoms with E-state index in [4.69, 9.17) is 18.5 Å². The average molecular weight is 837 g/mol. The zero-order chi connectivity index (χ0) is 42.2. The van der Waals surface area contributed by atoms with Crippen molar-refractivity contribution in [3.05, 3.63) is 12.2 Å². The zero-order valence-electron chi connectivity index (χ0n) is 35.4. The summed E-state index contributed by atoms with van der Waals surface area (Å²) >= 11 is 0. The molecule has 0 aliphatic heterocycles. The van der Waals surface area contributed by atoms with E-state index in [0.29, 0.717) is 12.8 Å². The van der Waals surface area contributed by atoms with Gasteiger partial charge >= 0.3 is 19.8 Å². The summed E-state index contributed by atoms with van der Waals surface area (Å²) in [6, 6.07) is 0. The number of ether oxygens (including phenoxy) is 2. The van der Waals surface area contributed by atoms with Crippen LogP contribution < -0.4 is 0 Å². The summed E-state index contributed by atoms with van der Waals surface area (Å²) in [5.74, 6) is -1.10. The van der Waals surface area contributed by atoms with E-state index in [1.54, 1.807) is 0 Å². The maximum Gasteiger partial charge on any atom is 0.472 e. The number of hydrogen-bond donors (Lipinski definition) is 6. The number of phosphoric ester groups is 1. The molecule has 6 atom stereocenters. The first-order chi connectivity index (χ1) is 27.4. The fourth-order valence-corrected chi connectivity index (χ4v) is 7.90. The number of allylic oxidation sites excluding steroid dienone is 2. The summed E-state index contributed by atoms with van der Waals surface area (Å²) in [6.07, 6.45) is 21.3. The molecular formula is C43H81O13P. The van der Waals surface area contributed by atoms with Crippen LogP contribution in [0.5, 0.6) is 0 Å². The number of hydrogen-bond acceptors (Lipinski definition) is 12. The van der Waals surface area contributed by atoms with Gasteiger partial charge in [-0.15, -0.1) is 0 Å². The van der Waals surface area contributed by atoms with Crippen molar-refractivity contribution >= 4 is 19.8 Å². The third-order valence-electron chi connectivity index (χ3n) is 10.6. The van der Waals surface area contributed by atoms with Crippen LogP contribution >= 0.6 is 7.82 Å². The van der Waals surface area contributed by atoms with Crippen LogP contribution in [0.2, 0.25) is 0 Å². The first kappa shape index (κ1) is 53.6. The smallest absolute Gasteiger partial charge is 0.462 e. The number of aliphatic hydroxyl groups is 5. The van der Waals surface area contributed by atoms with E-state index >= 15 is 0 Å². The normalized spacial score (nSPS) is 22.7. The number of carbonyl (C=O) groups is 2. The fraction of sp³-hybridized carbons (Fsp3) is 0.907. The minimum atomic E-state index is -5.11. The number of phosphoric acid groups is 1. The molecule has 0 spiro atoms. The molecule has 0 aromatic carbocycles. The van der Waals surface area contributed by atoms with Crippen LogP contribution in [0.3, 0.4) is 0 Å². The highest BCUT2D eigenvalue weighted by molar-refractivity contribution is 7.47. The molecule has 13 nitrogen and oxygen atoms in total. The number of esters is 2. The summed E-state index contributed by atoms with van der Waals surface area (Å²) in [6.45, 7) is 3.28. The van der Waals surface area contributed by atoms with Gasteiger partial charge in [-0.25, -0.2) is 4.57 Å². The molecule has 57 heavy (non-hydrogen) atoms. The second-order valence-electron chi connectivity index (χ2n) is 15.9. The third kappa shape index (κ3) is 27.1. The van der Waals surface area contributed by atoms with Gasteiger partial charge in [0.1, 0.15) is 43.2 Å². The van der Waals surface area contributed by atoms with Gasteiger partial charge in [-0.2, -0.15) is 0 Å². The van der Waals surface area contributed by atoms with Gasteiger partial charge in [0.25, 0.3) is 0 Å². The molecule has 1 aliphatic carbocycles. The van der Waals surface area contributed by atoms with Crippen molar-refractivity contribution in [2.45, 2.75) is 236 Å². The lowest BCUT2D eigenvalue weighted by atomic mass is 9.85. The topological polar surface area (TPSA) is 210 Å². The molecule has 0 aromatic heterocycles. The Balaban J connectivity index is 2.47. The molecule has 0 saturated heterocycles. The monoisotopic (exact) mass is 837 g/mol. The predicted octanol–water partition coefficient (Wildman–Crippen LogP) is 8.28. The Hall–Kier alpha value is -1.41. The zero-order valence-corrected chi connectivity index (χ0v) is 36.3. The second kappa shape index (κ2) is 34.3. The Morgan fingerprint density at radius 1 is 0.526 bits per heavy atom. The van der Waals surface area contributed by atoms with E-state index in [1.165, 1.54) is 89.9 Å². The molecule has 14 heteroatoms. The van der Waals surface area contributed by atoms with Gasteiger partial charge in [0, 0.05) is 12.8 Å². The molecule has 1 aliphatic rings. The van der Waals surface area contributed by atoms with E-state index < -0.39 is 75.7 Å². The van der Waals surface area contributed by atoms with Gasteiger partial charge < -0.3 is 39.9 Å². The van der Waals surface area contributed by atoms with Crippen LogP contribution in [0, 0.1) is 0 Å². The van der Waals surface area contributed by atoms with Crippen molar-refractivity contribution in [1.82, 2.24) is 0 Å². The molecule has 0 heterocycles. The molecule has 1 rings (SSSR count). The molecule has 0 amide bonds. The molecule has 6 N–H and O–H groups in total. The van der Waals surface area contributed by atoms with Crippen molar-refractivity contribution in [2.75, 3.05) is 13.2 Å². The Labute approximate surface area is 343 Å². The van der Waals surface area contributed by atoms with E-state index in [-0.39, 0.29) is 12.8 Å². The van der Waals surface area contributed by atoms with Crippen molar-refractivity contribution in [1.29, 1.82) is 0 Å². The fourth-order valence-electron chi connectivity index (χ4n) is 6.93. The highest BCUT2D eigenvalue weighted by Gasteiger charge is 2.51. The van der Waals surface area contributed by atoms with Crippen LogP contribution in [0.15, 0.2) is 12.2 Å². The van der Waals surface area contributed by atoms with Gasteiger partial charge in [-0.05, 0) is 38.5 Å². The molecular weight excluding hydrogens is 755 g/mol. The SMILES string of the molecule is CCCCCCCCC=CCCCCCCCC(=O)OCC(COP(=O)(O)OC1C(O)C(O)C(O)C(O)C1O)OC(=O)CCCCCCCCCCCCCCC. The lowest BCUT2D eigenvalue weighted by molar-refractivity contribution is -0.220. The van der Waals surface area contributed by atoms with E-state index in [0.717, 1.165) is 64.2 Å². The Kier molecular flexibility index (Phi) is 32.3. The Bertz CT molecular complexity index is 1060. The van der Waals surface area contributed by atoms with Crippen LogP contribution in [-0.2, 0) is 32.7 Å². The average Bonchev–Trinajstić information content (AvgIpc) is 3.19. The number of rotatable bonds is 37. The maximum atomic E-state index is 12.8. The molecule has 0 aromatic rings. The standard InChI is InChI=1S/C43H81O13P/c1-3-5-7-9-11-13-15-17-18-20-21-23-25-27-29-31-36(44)53-33-35(34-54-57(51,52)56-43-41(49)39(47)38(46)40(48)42(43)50)55-37(45)32-30-28-26-24-22-19-16-14-12-10-8-6-4-2/h17-18,35,38-43,46-50H,3-16,19-34H2,1-2H3,(H,51,52). The summed E-state index contributed by atoms with van der Waals surface area (Å²) in [5.41, 5.74) is 0. The molecule has 0 radical (unpaired) electrons. The van der Waals surface area contributed by atoms with Crippen molar-refractivity contribution in [3.63, 3.8) is 0 Å². The molecule has 336 valence electrons. The van der Waals surface area contributed by atoms with Gasteiger partial charge in [0.15, 0.2) is 6.10 Å². The lowest BCUT2D eigenvalue weighted by Crippen LogP contribution is -2.64. The summed E-state index contributed by atoms with van der Waals surface area (Å²) < 4.78 is 33.5. The van der Waals surface area contributed by atoms with Crippen LogP contribution in [0.4, 0.5) is 0 Å². The molecule has 0 bridgehead atoms. The highest BCUT2D eigenvalue weighted by atomic mass is 31.2. The Morgan fingerprint density at radius 3 is 1.33 bits per heavy atom. The largest absolute Gasteiger partial charge is 0.472 e.